The van der Waals surface area contributed by atoms with Gasteiger partial charge >= 0.3 is 0 Å². The molecule has 0 aliphatic rings. The first kappa shape index (κ1) is 21.6. The van der Waals surface area contributed by atoms with Gasteiger partial charge < -0.3 is 10.1 Å². The van der Waals surface area contributed by atoms with E-state index in [9.17, 15) is 4.79 Å². The number of nitrogens with zero attached hydrogens (tertiary/aromatic N) is 3. The van der Waals surface area contributed by atoms with E-state index in [1.807, 2.05) is 59.2 Å². The Morgan fingerprint density at radius 1 is 0.969 bits per heavy atom. The van der Waals surface area contributed by atoms with Crippen LogP contribution >= 0.6 is 11.8 Å². The fourth-order valence-electron chi connectivity index (χ4n) is 3.24. The highest BCUT2D eigenvalue weighted by Gasteiger charge is 2.17. The number of anilines is 1. The maximum absolute atomic E-state index is 12.5. The van der Waals surface area contributed by atoms with E-state index in [1.165, 1.54) is 22.9 Å². The van der Waals surface area contributed by atoms with Crippen LogP contribution in [0.2, 0.25) is 0 Å². The van der Waals surface area contributed by atoms with Crippen LogP contribution in [-0.4, -0.2) is 33.5 Å². The lowest BCUT2D eigenvalue weighted by molar-refractivity contribution is -0.113. The molecule has 0 aliphatic heterocycles. The van der Waals surface area contributed by atoms with Crippen molar-refractivity contribution in [2.75, 3.05) is 18.2 Å². The molecule has 0 bridgehead atoms. The Bertz CT molecular complexity index is 1220. The number of aromatic nitrogens is 3. The number of hydrogen-bond acceptors (Lipinski definition) is 5. The number of methoxy groups -OCH3 is 1. The third kappa shape index (κ3) is 4.84. The Labute approximate surface area is 191 Å². The quantitative estimate of drug-likeness (QED) is 0.392. The van der Waals surface area contributed by atoms with Crippen LogP contribution in [-0.2, 0) is 4.79 Å². The van der Waals surface area contributed by atoms with Crippen molar-refractivity contribution < 1.29 is 9.53 Å². The van der Waals surface area contributed by atoms with E-state index in [0.717, 1.165) is 28.5 Å². The molecule has 0 radical (unpaired) electrons. The van der Waals surface area contributed by atoms with E-state index in [4.69, 9.17) is 4.74 Å². The second-order valence-corrected chi connectivity index (χ2v) is 8.28. The second kappa shape index (κ2) is 9.70. The lowest BCUT2D eigenvalue weighted by Gasteiger charge is -2.12. The molecule has 1 N–H and O–H groups in total. The van der Waals surface area contributed by atoms with Crippen LogP contribution in [0.4, 0.5) is 5.69 Å². The summed E-state index contributed by atoms with van der Waals surface area (Å²) in [5, 5.41) is 12.4. The van der Waals surface area contributed by atoms with Crippen molar-refractivity contribution in [1.82, 2.24) is 14.8 Å². The van der Waals surface area contributed by atoms with Gasteiger partial charge in [-0.25, -0.2) is 0 Å². The van der Waals surface area contributed by atoms with Gasteiger partial charge in [0.2, 0.25) is 5.91 Å². The molecule has 7 heteroatoms. The van der Waals surface area contributed by atoms with E-state index in [2.05, 4.69) is 47.6 Å². The predicted octanol–water partition coefficient (Wildman–Crippen LogP) is 5.29. The van der Waals surface area contributed by atoms with Crippen LogP contribution in [0, 0.1) is 13.8 Å². The predicted molar refractivity (Wildman–Crippen MR) is 129 cm³/mol. The number of rotatable bonds is 7. The van der Waals surface area contributed by atoms with Gasteiger partial charge in [-0.05, 0) is 61.4 Å². The SMILES string of the molecule is COc1ccc(NC(=O)CSc2nnc(-c3ccccc3)n2-c2ccc(C)c(C)c2)cc1. The van der Waals surface area contributed by atoms with Crippen LogP contribution in [0.25, 0.3) is 17.1 Å². The number of thioether (sulfide) groups is 1. The van der Waals surface area contributed by atoms with Crippen molar-refractivity contribution in [3.8, 4) is 22.8 Å². The highest BCUT2D eigenvalue weighted by molar-refractivity contribution is 7.99. The summed E-state index contributed by atoms with van der Waals surface area (Å²) in [6, 6.07) is 23.4. The van der Waals surface area contributed by atoms with Gasteiger partial charge in [0.25, 0.3) is 0 Å². The first-order valence-electron chi connectivity index (χ1n) is 10.2. The Morgan fingerprint density at radius 2 is 1.72 bits per heavy atom. The molecule has 4 rings (SSSR count). The molecule has 0 saturated heterocycles. The highest BCUT2D eigenvalue weighted by Crippen LogP contribution is 2.29. The highest BCUT2D eigenvalue weighted by atomic mass is 32.2. The number of aryl methyl sites for hydroxylation is 2. The minimum atomic E-state index is -0.115. The summed E-state index contributed by atoms with van der Waals surface area (Å²) in [6.07, 6.45) is 0. The molecule has 32 heavy (non-hydrogen) atoms. The van der Waals surface area contributed by atoms with Gasteiger partial charge in [0.15, 0.2) is 11.0 Å². The number of carbonyl (C=O) groups excluding carboxylic acids is 1. The summed E-state index contributed by atoms with van der Waals surface area (Å²) < 4.78 is 7.16. The second-order valence-electron chi connectivity index (χ2n) is 7.34. The number of hydrogen-bond donors (Lipinski definition) is 1. The van der Waals surface area contributed by atoms with Crippen molar-refractivity contribution in [3.05, 3.63) is 83.9 Å². The first-order chi connectivity index (χ1) is 15.5. The van der Waals surface area contributed by atoms with Crippen molar-refractivity contribution in [2.24, 2.45) is 0 Å². The van der Waals surface area contributed by atoms with E-state index in [0.29, 0.717) is 5.16 Å². The summed E-state index contributed by atoms with van der Waals surface area (Å²) in [6.45, 7) is 4.17. The number of benzene rings is 3. The van der Waals surface area contributed by atoms with Gasteiger partial charge in [-0.1, -0.05) is 48.2 Å². The van der Waals surface area contributed by atoms with E-state index in [-0.39, 0.29) is 11.7 Å². The van der Waals surface area contributed by atoms with Gasteiger partial charge in [-0.2, -0.15) is 0 Å². The minimum absolute atomic E-state index is 0.115. The number of carbonyl (C=O) groups is 1. The molecule has 6 nitrogen and oxygen atoms in total. The van der Waals surface area contributed by atoms with Crippen LogP contribution in [0.15, 0.2) is 78.0 Å². The van der Waals surface area contributed by atoms with E-state index < -0.39 is 0 Å². The number of ether oxygens (including phenoxy) is 1. The molecule has 162 valence electrons. The zero-order valence-corrected chi connectivity index (χ0v) is 19.0. The summed E-state index contributed by atoms with van der Waals surface area (Å²) >= 11 is 1.36. The molecule has 4 aromatic rings. The monoisotopic (exact) mass is 444 g/mol. The molecule has 3 aromatic carbocycles. The molecule has 1 aromatic heterocycles. The van der Waals surface area contributed by atoms with Gasteiger partial charge in [0, 0.05) is 11.3 Å². The van der Waals surface area contributed by atoms with Gasteiger partial charge in [0.05, 0.1) is 18.6 Å². The molecule has 0 aliphatic carbocycles. The number of amides is 1. The molecule has 0 spiro atoms. The molecule has 0 unspecified atom stereocenters. The van der Waals surface area contributed by atoms with E-state index in [1.54, 1.807) is 7.11 Å². The Morgan fingerprint density at radius 3 is 2.41 bits per heavy atom. The lowest BCUT2D eigenvalue weighted by atomic mass is 10.1. The Hall–Kier alpha value is -3.58. The Balaban J connectivity index is 1.58. The molecular formula is C25H24N4O2S. The maximum Gasteiger partial charge on any atom is 0.234 e. The minimum Gasteiger partial charge on any atom is -0.497 e. The summed E-state index contributed by atoms with van der Waals surface area (Å²) in [7, 11) is 1.61. The molecule has 0 atom stereocenters. The van der Waals surface area contributed by atoms with Gasteiger partial charge in [-0.3, -0.25) is 9.36 Å². The molecule has 1 amide bonds. The first-order valence-corrected chi connectivity index (χ1v) is 11.2. The largest absolute Gasteiger partial charge is 0.497 e. The van der Waals surface area contributed by atoms with Crippen molar-refractivity contribution in [2.45, 2.75) is 19.0 Å². The lowest BCUT2D eigenvalue weighted by Crippen LogP contribution is -2.14. The molecule has 0 fully saturated rings. The van der Waals surface area contributed by atoms with E-state index >= 15 is 0 Å². The third-order valence-electron chi connectivity index (χ3n) is 5.12. The average Bonchev–Trinajstić information content (AvgIpc) is 3.24. The standard InChI is InChI=1S/C25H24N4O2S/c1-17-9-12-21(15-18(17)2)29-24(19-7-5-4-6-8-19)27-28-25(29)32-16-23(30)26-20-10-13-22(31-3)14-11-20/h4-15H,16H2,1-3H3,(H,26,30). The van der Waals surface area contributed by atoms with Gasteiger partial charge in [0.1, 0.15) is 5.75 Å². The van der Waals surface area contributed by atoms with Crippen molar-refractivity contribution >= 4 is 23.4 Å². The normalized spacial score (nSPS) is 10.7. The third-order valence-corrected chi connectivity index (χ3v) is 6.05. The fourth-order valence-corrected chi connectivity index (χ4v) is 3.99. The topological polar surface area (TPSA) is 69.0 Å². The fraction of sp³-hybridized carbons (Fsp3) is 0.160. The zero-order chi connectivity index (χ0) is 22.5. The molecular weight excluding hydrogens is 420 g/mol. The smallest absolute Gasteiger partial charge is 0.234 e. The van der Waals surface area contributed by atoms with Crippen LogP contribution in [0.3, 0.4) is 0 Å². The summed E-state index contributed by atoms with van der Waals surface area (Å²) in [4.78, 5) is 12.5. The van der Waals surface area contributed by atoms with Crippen LogP contribution in [0.1, 0.15) is 11.1 Å². The maximum atomic E-state index is 12.5. The number of nitrogens with one attached hydrogen (secondary N) is 1. The average molecular weight is 445 g/mol. The molecule has 1 heterocycles. The Kier molecular flexibility index (Phi) is 6.56. The van der Waals surface area contributed by atoms with Crippen molar-refractivity contribution in [3.63, 3.8) is 0 Å². The summed E-state index contributed by atoms with van der Waals surface area (Å²) in [5.74, 6) is 1.58. The summed E-state index contributed by atoms with van der Waals surface area (Å²) in [5.41, 5.74) is 5.05. The van der Waals surface area contributed by atoms with Crippen LogP contribution < -0.4 is 10.1 Å². The zero-order valence-electron chi connectivity index (χ0n) is 18.2. The van der Waals surface area contributed by atoms with Crippen LogP contribution in [0.5, 0.6) is 5.75 Å². The van der Waals surface area contributed by atoms with Crippen molar-refractivity contribution in [1.29, 1.82) is 0 Å². The molecule has 0 saturated carbocycles. The van der Waals surface area contributed by atoms with Gasteiger partial charge in [-0.15, -0.1) is 10.2 Å².